The molecule has 0 unspecified atom stereocenters. The Hall–Kier alpha value is -6.50. The van der Waals surface area contributed by atoms with Gasteiger partial charge in [-0.15, -0.1) is 0 Å². The highest BCUT2D eigenvalue weighted by Crippen LogP contribution is 2.45. The molecule has 0 nitrogen and oxygen atoms in total. The van der Waals surface area contributed by atoms with E-state index in [-0.39, 0.29) is 0 Å². The molecular weight excluding hydrogens is 601 g/mol. The molecule has 50 heavy (non-hydrogen) atoms. The first-order chi connectivity index (χ1) is 24.8. The molecule has 10 aromatic rings. The van der Waals surface area contributed by atoms with E-state index in [1.54, 1.807) is 0 Å². The first kappa shape index (κ1) is 28.5. The fraction of sp³-hybridized carbons (Fsp3) is 0. The molecule has 0 amide bonds. The van der Waals surface area contributed by atoms with Crippen LogP contribution < -0.4 is 0 Å². The molecule has 0 aromatic heterocycles. The van der Waals surface area contributed by atoms with Crippen LogP contribution in [0.4, 0.5) is 0 Å². The maximum atomic E-state index is 2.42. The Kier molecular flexibility index (Phi) is 6.60. The Morgan fingerprint density at radius 2 is 0.720 bits per heavy atom. The van der Waals surface area contributed by atoms with Gasteiger partial charge in [-0.25, -0.2) is 0 Å². The molecule has 232 valence electrons. The van der Waals surface area contributed by atoms with Crippen LogP contribution in [0.2, 0.25) is 0 Å². The molecule has 0 aliphatic heterocycles. The van der Waals surface area contributed by atoms with Gasteiger partial charge < -0.3 is 0 Å². The van der Waals surface area contributed by atoms with Gasteiger partial charge in [0, 0.05) is 0 Å². The van der Waals surface area contributed by atoms with Crippen LogP contribution in [0.1, 0.15) is 0 Å². The molecule has 0 radical (unpaired) electrons. The maximum Gasteiger partial charge on any atom is -0.00201 e. The van der Waals surface area contributed by atoms with Gasteiger partial charge in [0.25, 0.3) is 0 Å². The monoisotopic (exact) mass is 632 g/mol. The van der Waals surface area contributed by atoms with Gasteiger partial charge in [-0.2, -0.15) is 0 Å². The molecule has 0 saturated heterocycles. The molecule has 0 atom stereocenters. The lowest BCUT2D eigenvalue weighted by atomic mass is 9.84. The summed E-state index contributed by atoms with van der Waals surface area (Å²) in [5.74, 6) is 0. The van der Waals surface area contributed by atoms with Crippen molar-refractivity contribution in [3.63, 3.8) is 0 Å². The average molecular weight is 633 g/mol. The van der Waals surface area contributed by atoms with Crippen molar-refractivity contribution in [3.05, 3.63) is 194 Å². The van der Waals surface area contributed by atoms with Crippen molar-refractivity contribution in [2.24, 2.45) is 0 Å². The standard InChI is InChI=1S/C50H32/c1-3-14-36-29-39(27-25-33(36)11-1)38-17-7-18-41(31-38)50-47-24-10-23-46(45-22-8-16-35-13-5-6-20-43(35)45)48(47)32-42-19-9-21-44(49(42)50)40-28-26-34-12-2-4-15-37(34)30-40/h1-32H. The van der Waals surface area contributed by atoms with E-state index in [2.05, 4.69) is 194 Å². The molecular formula is C50H32. The Bertz CT molecular complexity index is 2920. The summed E-state index contributed by atoms with van der Waals surface area (Å²) < 4.78 is 0. The largest absolute Gasteiger partial charge is 0.0616 e. The van der Waals surface area contributed by atoms with E-state index in [1.807, 2.05) is 0 Å². The quantitative estimate of drug-likeness (QED) is 0.169. The topological polar surface area (TPSA) is 0 Å². The molecule has 0 N–H and O–H groups in total. The lowest BCUT2D eigenvalue weighted by Crippen LogP contribution is -1.92. The summed E-state index contributed by atoms with van der Waals surface area (Å²) >= 11 is 0. The molecule has 0 spiro atoms. The third-order valence-corrected chi connectivity index (χ3v) is 10.4. The van der Waals surface area contributed by atoms with E-state index in [0.717, 1.165) is 0 Å². The molecule has 0 heterocycles. The van der Waals surface area contributed by atoms with Gasteiger partial charge in [0.2, 0.25) is 0 Å². The predicted octanol–water partition coefficient (Wildman–Crippen LogP) is 14.1. The first-order valence-corrected chi connectivity index (χ1v) is 17.3. The third-order valence-electron chi connectivity index (χ3n) is 10.4. The molecule has 10 rings (SSSR count). The summed E-state index contributed by atoms with van der Waals surface area (Å²) in [6.07, 6.45) is 0. The fourth-order valence-corrected chi connectivity index (χ4v) is 8.01. The molecule has 0 saturated carbocycles. The van der Waals surface area contributed by atoms with Crippen LogP contribution >= 0.6 is 0 Å². The van der Waals surface area contributed by atoms with Crippen LogP contribution in [0.5, 0.6) is 0 Å². The number of benzene rings is 10. The Labute approximate surface area is 291 Å². The minimum absolute atomic E-state index is 1.21. The van der Waals surface area contributed by atoms with Crippen LogP contribution in [0.3, 0.4) is 0 Å². The van der Waals surface area contributed by atoms with Gasteiger partial charge in [-0.3, -0.25) is 0 Å². The van der Waals surface area contributed by atoms with Crippen molar-refractivity contribution in [3.8, 4) is 44.5 Å². The summed E-state index contributed by atoms with van der Waals surface area (Å²) in [5.41, 5.74) is 9.91. The van der Waals surface area contributed by atoms with Crippen molar-refractivity contribution in [2.45, 2.75) is 0 Å². The summed E-state index contributed by atoms with van der Waals surface area (Å²) in [6.45, 7) is 0. The zero-order valence-electron chi connectivity index (χ0n) is 27.5. The smallest absolute Gasteiger partial charge is 0.00201 e. The van der Waals surface area contributed by atoms with Gasteiger partial charge in [-0.05, 0) is 123 Å². The van der Waals surface area contributed by atoms with Gasteiger partial charge in [0.15, 0.2) is 0 Å². The second-order valence-electron chi connectivity index (χ2n) is 13.3. The van der Waals surface area contributed by atoms with E-state index in [4.69, 9.17) is 0 Å². The molecule has 0 fully saturated rings. The predicted molar refractivity (Wildman–Crippen MR) is 216 cm³/mol. The minimum atomic E-state index is 1.21. The van der Waals surface area contributed by atoms with Crippen molar-refractivity contribution in [2.75, 3.05) is 0 Å². The Balaban J connectivity index is 1.29. The Morgan fingerprint density at radius 1 is 0.220 bits per heavy atom. The summed E-state index contributed by atoms with van der Waals surface area (Å²) in [5, 5.41) is 12.6. The fourth-order valence-electron chi connectivity index (χ4n) is 8.01. The lowest BCUT2D eigenvalue weighted by molar-refractivity contribution is 1.62. The average Bonchev–Trinajstić information content (AvgIpc) is 3.19. The normalized spacial score (nSPS) is 11.6. The zero-order valence-corrected chi connectivity index (χ0v) is 27.5. The van der Waals surface area contributed by atoms with E-state index < -0.39 is 0 Å². The van der Waals surface area contributed by atoms with Crippen molar-refractivity contribution < 1.29 is 0 Å². The maximum absolute atomic E-state index is 2.42. The van der Waals surface area contributed by atoms with Gasteiger partial charge in [-0.1, -0.05) is 170 Å². The highest BCUT2D eigenvalue weighted by molar-refractivity contribution is 6.21. The highest BCUT2D eigenvalue weighted by Gasteiger charge is 2.18. The van der Waals surface area contributed by atoms with Gasteiger partial charge in [0.1, 0.15) is 0 Å². The van der Waals surface area contributed by atoms with E-state index in [1.165, 1.54) is 98.4 Å². The van der Waals surface area contributed by atoms with Crippen LogP contribution in [0.15, 0.2) is 194 Å². The first-order valence-electron chi connectivity index (χ1n) is 17.3. The molecule has 0 aliphatic carbocycles. The molecule has 0 heteroatoms. The summed E-state index contributed by atoms with van der Waals surface area (Å²) in [7, 11) is 0. The van der Waals surface area contributed by atoms with Crippen LogP contribution in [0.25, 0.3) is 98.4 Å². The van der Waals surface area contributed by atoms with Gasteiger partial charge in [0.05, 0.1) is 0 Å². The number of hydrogen-bond acceptors (Lipinski definition) is 0. The minimum Gasteiger partial charge on any atom is -0.0616 e. The van der Waals surface area contributed by atoms with Crippen molar-refractivity contribution in [1.82, 2.24) is 0 Å². The van der Waals surface area contributed by atoms with Crippen molar-refractivity contribution in [1.29, 1.82) is 0 Å². The van der Waals surface area contributed by atoms with Crippen molar-refractivity contribution >= 4 is 53.9 Å². The SMILES string of the molecule is c1cc(-c2ccc3ccccc3c2)cc(-c2c3cccc(-c4cccc5ccccc45)c3cc3cccc(-c4ccc5ccccc5c4)c23)c1. The zero-order chi connectivity index (χ0) is 33.0. The number of hydrogen-bond donors (Lipinski definition) is 0. The second kappa shape index (κ2) is 11.6. The van der Waals surface area contributed by atoms with E-state index in [0.29, 0.717) is 0 Å². The van der Waals surface area contributed by atoms with E-state index in [9.17, 15) is 0 Å². The number of fused-ring (bicyclic) bond motifs is 5. The number of rotatable bonds is 4. The van der Waals surface area contributed by atoms with Crippen LogP contribution in [-0.4, -0.2) is 0 Å². The summed E-state index contributed by atoms with van der Waals surface area (Å²) in [6, 6.07) is 71.5. The van der Waals surface area contributed by atoms with Crippen LogP contribution in [-0.2, 0) is 0 Å². The lowest BCUT2D eigenvalue weighted by Gasteiger charge is -2.19. The molecule has 10 aromatic carbocycles. The highest BCUT2D eigenvalue weighted by atomic mass is 14.2. The molecule has 0 aliphatic rings. The molecule has 0 bridgehead atoms. The Morgan fingerprint density at radius 3 is 1.50 bits per heavy atom. The summed E-state index contributed by atoms with van der Waals surface area (Å²) in [4.78, 5) is 0. The van der Waals surface area contributed by atoms with Crippen LogP contribution in [0, 0.1) is 0 Å². The second-order valence-corrected chi connectivity index (χ2v) is 13.3. The van der Waals surface area contributed by atoms with E-state index >= 15 is 0 Å². The van der Waals surface area contributed by atoms with Gasteiger partial charge >= 0.3 is 0 Å². The third kappa shape index (κ3) is 4.69.